The zero-order chi connectivity index (χ0) is 25.4. The summed E-state index contributed by atoms with van der Waals surface area (Å²) in [7, 11) is 1.52. The number of imide groups is 1. The monoisotopic (exact) mass is 498 g/mol. The summed E-state index contributed by atoms with van der Waals surface area (Å²) >= 11 is 0.762. The van der Waals surface area contributed by atoms with Crippen molar-refractivity contribution in [3.05, 3.63) is 59.0 Å². The molecule has 1 heterocycles. The van der Waals surface area contributed by atoms with Crippen molar-refractivity contribution in [1.29, 1.82) is 0 Å². The molecule has 35 heavy (non-hydrogen) atoms. The number of nitrogens with zero attached hydrogens (tertiary/aromatic N) is 1. The minimum atomic E-state index is -0.626. The third kappa shape index (κ3) is 7.10. The van der Waals surface area contributed by atoms with Crippen molar-refractivity contribution in [3.8, 4) is 11.5 Å². The van der Waals surface area contributed by atoms with Crippen molar-refractivity contribution in [2.45, 2.75) is 26.4 Å². The van der Waals surface area contributed by atoms with Gasteiger partial charge in [-0.15, -0.1) is 0 Å². The van der Waals surface area contributed by atoms with Gasteiger partial charge in [-0.05, 0) is 61.0 Å². The van der Waals surface area contributed by atoms with Gasteiger partial charge in [0.15, 0.2) is 6.61 Å². The number of esters is 1. The highest BCUT2D eigenvalue weighted by Crippen LogP contribution is 2.32. The highest BCUT2D eigenvalue weighted by atomic mass is 32.2. The molecular formula is C25H26N2O7S. The Morgan fingerprint density at radius 2 is 1.83 bits per heavy atom. The number of para-hydroxylation sites is 2. The van der Waals surface area contributed by atoms with Crippen LogP contribution >= 0.6 is 11.8 Å². The Morgan fingerprint density at radius 3 is 2.51 bits per heavy atom. The minimum absolute atomic E-state index is 0.205. The molecule has 184 valence electrons. The fourth-order valence-electron chi connectivity index (χ4n) is 3.01. The maximum Gasteiger partial charge on any atom is 0.326 e. The lowest BCUT2D eigenvalue weighted by molar-refractivity contribution is -0.150. The van der Waals surface area contributed by atoms with E-state index in [9.17, 15) is 19.2 Å². The molecule has 3 rings (SSSR count). The summed E-state index contributed by atoms with van der Waals surface area (Å²) in [4.78, 5) is 50.0. The lowest BCUT2D eigenvalue weighted by Gasteiger charge is -2.14. The van der Waals surface area contributed by atoms with E-state index in [4.69, 9.17) is 14.2 Å². The first-order chi connectivity index (χ1) is 16.8. The van der Waals surface area contributed by atoms with Crippen LogP contribution in [0.5, 0.6) is 11.5 Å². The molecule has 0 saturated carbocycles. The van der Waals surface area contributed by atoms with Gasteiger partial charge in [-0.2, -0.15) is 0 Å². The maximum absolute atomic E-state index is 12.6. The summed E-state index contributed by atoms with van der Waals surface area (Å²) in [5, 5.41) is 2.20. The minimum Gasteiger partial charge on any atom is -0.495 e. The zero-order valence-corrected chi connectivity index (χ0v) is 20.4. The van der Waals surface area contributed by atoms with E-state index < -0.39 is 23.7 Å². The van der Waals surface area contributed by atoms with Gasteiger partial charge in [0.05, 0.1) is 23.8 Å². The van der Waals surface area contributed by atoms with Crippen molar-refractivity contribution in [1.82, 2.24) is 4.90 Å². The average molecular weight is 499 g/mol. The van der Waals surface area contributed by atoms with Crippen LogP contribution in [0.3, 0.4) is 0 Å². The predicted molar refractivity (Wildman–Crippen MR) is 132 cm³/mol. The zero-order valence-electron chi connectivity index (χ0n) is 19.6. The van der Waals surface area contributed by atoms with Gasteiger partial charge in [-0.1, -0.05) is 31.2 Å². The average Bonchev–Trinajstić information content (AvgIpc) is 3.11. The molecule has 0 unspecified atom stereocenters. The van der Waals surface area contributed by atoms with Gasteiger partial charge in [-0.25, -0.2) is 0 Å². The molecule has 2 aromatic carbocycles. The van der Waals surface area contributed by atoms with E-state index in [1.54, 1.807) is 61.5 Å². The summed E-state index contributed by atoms with van der Waals surface area (Å²) < 4.78 is 15.9. The quantitative estimate of drug-likeness (QED) is 0.385. The van der Waals surface area contributed by atoms with Crippen LogP contribution in [0, 0.1) is 0 Å². The number of carbonyl (C=O) groups excluding carboxylic acids is 4. The van der Waals surface area contributed by atoms with Crippen LogP contribution in [0.1, 0.15) is 25.8 Å². The molecule has 9 nitrogen and oxygen atoms in total. The molecular weight excluding hydrogens is 472 g/mol. The molecule has 0 bridgehead atoms. The SMILES string of the molecule is CC[C@@H](C)OC(=O)CN1C(=O)S/C(=C\c2ccc(OCC(=O)Nc3ccccc3OC)cc2)C1=O. The number of amides is 3. The van der Waals surface area contributed by atoms with Crippen LogP contribution in [-0.2, 0) is 19.1 Å². The molecule has 2 aromatic rings. The summed E-state index contributed by atoms with van der Waals surface area (Å²) in [5.41, 5.74) is 1.20. The van der Waals surface area contributed by atoms with E-state index in [-0.39, 0.29) is 23.5 Å². The Bertz CT molecular complexity index is 1130. The van der Waals surface area contributed by atoms with Crippen molar-refractivity contribution in [2.75, 3.05) is 25.6 Å². The molecule has 0 aromatic heterocycles. The number of anilines is 1. The van der Waals surface area contributed by atoms with E-state index in [0.717, 1.165) is 16.7 Å². The highest BCUT2D eigenvalue weighted by Gasteiger charge is 2.36. The first kappa shape index (κ1) is 25.8. The molecule has 1 aliphatic rings. The molecule has 1 aliphatic heterocycles. The van der Waals surface area contributed by atoms with Crippen LogP contribution in [0.2, 0.25) is 0 Å². The molecule has 10 heteroatoms. The Kier molecular flexibility index (Phi) is 8.91. The standard InChI is InChI=1S/C25H26N2O7S/c1-4-16(2)34-23(29)14-27-24(30)21(35-25(27)31)13-17-9-11-18(12-10-17)33-15-22(28)26-19-7-5-6-8-20(19)32-3/h5-13,16H,4,14-15H2,1-3H3,(H,26,28)/b21-13-/t16-/m1/s1. The fraction of sp³-hybridized carbons (Fsp3) is 0.280. The van der Waals surface area contributed by atoms with E-state index in [2.05, 4.69) is 5.32 Å². The number of methoxy groups -OCH3 is 1. The van der Waals surface area contributed by atoms with Gasteiger partial charge >= 0.3 is 5.97 Å². The number of nitrogens with one attached hydrogen (secondary N) is 1. The largest absolute Gasteiger partial charge is 0.495 e. The van der Waals surface area contributed by atoms with E-state index >= 15 is 0 Å². The second-order valence-corrected chi connectivity index (χ2v) is 8.58. The van der Waals surface area contributed by atoms with Crippen LogP contribution in [-0.4, -0.2) is 54.3 Å². The summed E-state index contributed by atoms with van der Waals surface area (Å²) in [6.45, 7) is 2.99. The van der Waals surface area contributed by atoms with Gasteiger partial charge in [0.1, 0.15) is 18.0 Å². The van der Waals surface area contributed by atoms with Crippen molar-refractivity contribution in [3.63, 3.8) is 0 Å². The molecule has 1 fully saturated rings. The topological polar surface area (TPSA) is 111 Å². The van der Waals surface area contributed by atoms with Gasteiger partial charge in [0.25, 0.3) is 17.1 Å². The van der Waals surface area contributed by atoms with E-state index in [1.807, 2.05) is 6.92 Å². The Labute approximate surface area is 207 Å². The lowest BCUT2D eigenvalue weighted by atomic mass is 10.2. The van der Waals surface area contributed by atoms with E-state index in [1.165, 1.54) is 7.11 Å². The van der Waals surface area contributed by atoms with Gasteiger partial charge in [0.2, 0.25) is 0 Å². The van der Waals surface area contributed by atoms with Gasteiger partial charge in [-0.3, -0.25) is 24.1 Å². The van der Waals surface area contributed by atoms with Crippen LogP contribution in [0.4, 0.5) is 10.5 Å². The Balaban J connectivity index is 1.55. The number of hydrogen-bond acceptors (Lipinski definition) is 8. The third-order valence-corrected chi connectivity index (χ3v) is 5.90. The van der Waals surface area contributed by atoms with Crippen molar-refractivity contribution in [2.24, 2.45) is 0 Å². The number of benzene rings is 2. The second-order valence-electron chi connectivity index (χ2n) is 7.58. The Morgan fingerprint density at radius 1 is 1.11 bits per heavy atom. The highest BCUT2D eigenvalue weighted by molar-refractivity contribution is 8.18. The van der Waals surface area contributed by atoms with Crippen molar-refractivity contribution >= 4 is 46.5 Å². The molecule has 3 amide bonds. The molecule has 0 spiro atoms. The number of carbonyl (C=O) groups is 4. The summed E-state index contributed by atoms with van der Waals surface area (Å²) in [6.07, 6.45) is 1.91. The van der Waals surface area contributed by atoms with Crippen LogP contribution in [0.25, 0.3) is 6.08 Å². The maximum atomic E-state index is 12.6. The number of ether oxygens (including phenoxy) is 3. The molecule has 1 atom stereocenters. The first-order valence-electron chi connectivity index (χ1n) is 10.9. The van der Waals surface area contributed by atoms with Crippen LogP contribution in [0.15, 0.2) is 53.4 Å². The number of hydrogen-bond donors (Lipinski definition) is 1. The summed E-state index contributed by atoms with van der Waals surface area (Å²) in [5.74, 6) is -0.520. The van der Waals surface area contributed by atoms with E-state index in [0.29, 0.717) is 29.2 Å². The normalized spacial score (nSPS) is 15.2. The molecule has 0 aliphatic carbocycles. The smallest absolute Gasteiger partial charge is 0.326 e. The third-order valence-electron chi connectivity index (χ3n) is 5.00. The lowest BCUT2D eigenvalue weighted by Crippen LogP contribution is -2.35. The Hall–Kier alpha value is -3.79. The van der Waals surface area contributed by atoms with Gasteiger partial charge in [0, 0.05) is 0 Å². The predicted octanol–water partition coefficient (Wildman–Crippen LogP) is 4.09. The van der Waals surface area contributed by atoms with Gasteiger partial charge < -0.3 is 19.5 Å². The fourth-order valence-corrected chi connectivity index (χ4v) is 3.84. The van der Waals surface area contributed by atoms with Crippen LogP contribution < -0.4 is 14.8 Å². The van der Waals surface area contributed by atoms with Crippen molar-refractivity contribution < 1.29 is 33.4 Å². The number of rotatable bonds is 10. The number of thioether (sulfide) groups is 1. The second kappa shape index (κ2) is 12.1. The summed E-state index contributed by atoms with van der Waals surface area (Å²) in [6, 6.07) is 13.7. The molecule has 1 saturated heterocycles. The molecule has 1 N–H and O–H groups in total. The first-order valence-corrected chi connectivity index (χ1v) is 11.7. The molecule has 0 radical (unpaired) electrons.